The molecule has 6 nitrogen and oxygen atoms in total. The van der Waals surface area contributed by atoms with Crippen LogP contribution in [0.1, 0.15) is 29.8 Å². The van der Waals surface area contributed by atoms with Crippen LogP contribution in [0.4, 0.5) is 4.39 Å². The molecule has 1 amide bonds. The Bertz CT molecular complexity index is 1190. The highest BCUT2D eigenvalue weighted by atomic mass is 32.2. The zero-order chi connectivity index (χ0) is 24.0. The summed E-state index contributed by atoms with van der Waals surface area (Å²) >= 11 is 0. The van der Waals surface area contributed by atoms with E-state index < -0.39 is 15.9 Å². The van der Waals surface area contributed by atoms with E-state index in [9.17, 15) is 17.6 Å². The average Bonchev–Trinajstić information content (AvgIpc) is 2.79. The summed E-state index contributed by atoms with van der Waals surface area (Å²) in [5.41, 5.74) is 1.35. The Morgan fingerprint density at radius 2 is 1.64 bits per heavy atom. The lowest BCUT2D eigenvalue weighted by Crippen LogP contribution is -2.33. The van der Waals surface area contributed by atoms with Crippen molar-refractivity contribution in [1.82, 2.24) is 4.90 Å². The van der Waals surface area contributed by atoms with Crippen LogP contribution in [0.15, 0.2) is 77.7 Å². The molecule has 8 heteroatoms. The van der Waals surface area contributed by atoms with E-state index in [0.717, 1.165) is 29.8 Å². The molecule has 0 spiro atoms. The van der Waals surface area contributed by atoms with Crippen molar-refractivity contribution in [3.8, 4) is 11.5 Å². The van der Waals surface area contributed by atoms with Crippen LogP contribution in [0.25, 0.3) is 0 Å². The fourth-order valence-electron chi connectivity index (χ4n) is 3.25. The number of carbonyl (C=O) groups is 1. The normalized spacial score (nSPS) is 11.3. The van der Waals surface area contributed by atoms with Gasteiger partial charge in [0.25, 0.3) is 5.91 Å². The zero-order valence-electron chi connectivity index (χ0n) is 18.7. The van der Waals surface area contributed by atoms with Crippen molar-refractivity contribution < 1.29 is 26.5 Å². The highest BCUT2D eigenvalue weighted by Gasteiger charge is 2.19. The van der Waals surface area contributed by atoms with E-state index in [4.69, 9.17) is 8.92 Å². The van der Waals surface area contributed by atoms with Crippen LogP contribution in [0.2, 0.25) is 0 Å². The molecule has 0 aliphatic carbocycles. The van der Waals surface area contributed by atoms with Crippen molar-refractivity contribution in [3.05, 3.63) is 89.7 Å². The molecule has 3 aromatic rings. The Labute approximate surface area is 193 Å². The van der Waals surface area contributed by atoms with Gasteiger partial charge in [0, 0.05) is 18.7 Å². The Kier molecular flexibility index (Phi) is 7.71. The molecule has 0 aliphatic rings. The van der Waals surface area contributed by atoms with E-state index in [1.165, 1.54) is 12.1 Å². The van der Waals surface area contributed by atoms with Gasteiger partial charge < -0.3 is 13.8 Å². The summed E-state index contributed by atoms with van der Waals surface area (Å²) in [6, 6.07) is 17.9. The van der Waals surface area contributed by atoms with Crippen molar-refractivity contribution in [2.24, 2.45) is 5.92 Å². The van der Waals surface area contributed by atoms with Gasteiger partial charge in [0.1, 0.15) is 22.2 Å². The maximum absolute atomic E-state index is 13.1. The number of hydrogen-bond donors (Lipinski definition) is 0. The van der Waals surface area contributed by atoms with Crippen molar-refractivity contribution in [1.29, 1.82) is 0 Å². The van der Waals surface area contributed by atoms with Crippen LogP contribution in [0.3, 0.4) is 0 Å². The molecule has 0 aromatic heterocycles. The first-order valence-electron chi connectivity index (χ1n) is 10.4. The smallest absolute Gasteiger partial charge is 0.339 e. The maximum atomic E-state index is 13.1. The molecule has 0 heterocycles. The van der Waals surface area contributed by atoms with Gasteiger partial charge in [-0.05, 0) is 66.1 Å². The van der Waals surface area contributed by atoms with E-state index in [1.807, 2.05) is 13.8 Å². The van der Waals surface area contributed by atoms with Crippen LogP contribution in [0, 0.1) is 11.7 Å². The number of amides is 1. The average molecular weight is 472 g/mol. The lowest BCUT2D eigenvalue weighted by molar-refractivity contribution is 0.0722. The second-order valence-electron chi connectivity index (χ2n) is 7.95. The minimum atomic E-state index is -4.08. The highest BCUT2D eigenvalue weighted by molar-refractivity contribution is 7.87. The minimum absolute atomic E-state index is 0.123. The number of hydrogen-bond acceptors (Lipinski definition) is 5. The number of methoxy groups -OCH3 is 1. The number of nitrogens with zero attached hydrogens (tertiary/aromatic N) is 1. The molecule has 0 saturated heterocycles. The molecular formula is C25H26FNO5S. The Morgan fingerprint density at radius 1 is 0.970 bits per heavy atom. The fraction of sp³-hybridized carbons (Fsp3) is 0.240. The first-order valence-corrected chi connectivity index (χ1v) is 11.8. The maximum Gasteiger partial charge on any atom is 0.339 e. The van der Waals surface area contributed by atoms with Gasteiger partial charge >= 0.3 is 10.1 Å². The molecule has 0 saturated carbocycles. The van der Waals surface area contributed by atoms with E-state index in [2.05, 4.69) is 0 Å². The summed E-state index contributed by atoms with van der Waals surface area (Å²) in [6.45, 7) is 4.96. The lowest BCUT2D eigenvalue weighted by Gasteiger charge is -2.25. The molecule has 3 rings (SSSR count). The molecular weight excluding hydrogens is 445 g/mol. The molecule has 0 aliphatic heterocycles. The molecule has 0 N–H and O–H groups in total. The van der Waals surface area contributed by atoms with Crippen LogP contribution in [0.5, 0.6) is 11.5 Å². The largest absolute Gasteiger partial charge is 0.497 e. The van der Waals surface area contributed by atoms with Crippen molar-refractivity contribution in [2.45, 2.75) is 25.3 Å². The summed E-state index contributed by atoms with van der Waals surface area (Å²) < 4.78 is 48.2. The fourth-order valence-corrected chi connectivity index (χ4v) is 4.18. The topological polar surface area (TPSA) is 72.9 Å². The number of rotatable bonds is 9. The zero-order valence-corrected chi connectivity index (χ0v) is 19.5. The van der Waals surface area contributed by atoms with Crippen LogP contribution in [-0.2, 0) is 16.7 Å². The standard InChI is InChI=1S/C25H26FNO5S/c1-18(2)16-27(25(28)20-5-4-6-23(15-20)31-3)17-19-7-11-22(12-8-19)32-33(29,30)24-13-9-21(26)10-14-24/h4-15,18H,16-17H2,1-3H3. The van der Waals surface area contributed by atoms with E-state index in [0.29, 0.717) is 24.4 Å². The minimum Gasteiger partial charge on any atom is -0.497 e. The van der Waals surface area contributed by atoms with Crippen LogP contribution >= 0.6 is 0 Å². The third-order valence-electron chi connectivity index (χ3n) is 4.79. The van der Waals surface area contributed by atoms with Crippen molar-refractivity contribution in [2.75, 3.05) is 13.7 Å². The van der Waals surface area contributed by atoms with Gasteiger partial charge in [-0.2, -0.15) is 8.42 Å². The number of carbonyl (C=O) groups excluding carboxylic acids is 1. The van der Waals surface area contributed by atoms with Gasteiger partial charge in [-0.25, -0.2) is 4.39 Å². The quantitative estimate of drug-likeness (QED) is 0.415. The van der Waals surface area contributed by atoms with E-state index >= 15 is 0 Å². The van der Waals surface area contributed by atoms with Gasteiger partial charge in [-0.15, -0.1) is 0 Å². The second-order valence-corrected chi connectivity index (χ2v) is 9.49. The van der Waals surface area contributed by atoms with Crippen LogP contribution in [-0.4, -0.2) is 32.9 Å². The Hall–Kier alpha value is -3.39. The molecule has 0 unspecified atom stereocenters. The Morgan fingerprint density at radius 3 is 2.24 bits per heavy atom. The number of ether oxygens (including phenoxy) is 1. The third-order valence-corrected chi connectivity index (χ3v) is 6.06. The highest BCUT2D eigenvalue weighted by Crippen LogP contribution is 2.21. The molecule has 33 heavy (non-hydrogen) atoms. The molecule has 0 bridgehead atoms. The van der Waals surface area contributed by atoms with Crippen molar-refractivity contribution >= 4 is 16.0 Å². The Balaban J connectivity index is 1.75. The monoisotopic (exact) mass is 471 g/mol. The molecule has 3 aromatic carbocycles. The van der Waals surface area contributed by atoms with Crippen molar-refractivity contribution in [3.63, 3.8) is 0 Å². The first kappa shape index (κ1) is 24.3. The number of halogens is 1. The lowest BCUT2D eigenvalue weighted by atomic mass is 10.1. The first-order chi connectivity index (χ1) is 15.7. The predicted octanol–water partition coefficient (Wildman–Crippen LogP) is 4.90. The molecule has 0 radical (unpaired) electrons. The van der Waals surface area contributed by atoms with E-state index in [-0.39, 0.29) is 22.5 Å². The summed E-state index contributed by atoms with van der Waals surface area (Å²) in [5, 5.41) is 0. The van der Waals surface area contributed by atoms with Crippen LogP contribution < -0.4 is 8.92 Å². The van der Waals surface area contributed by atoms with Gasteiger partial charge in [-0.1, -0.05) is 32.0 Å². The van der Waals surface area contributed by atoms with E-state index in [1.54, 1.807) is 48.4 Å². The summed E-state index contributed by atoms with van der Waals surface area (Å²) in [4.78, 5) is 14.7. The predicted molar refractivity (Wildman–Crippen MR) is 123 cm³/mol. The molecule has 0 atom stereocenters. The molecule has 174 valence electrons. The summed E-state index contributed by atoms with van der Waals surface area (Å²) in [6.07, 6.45) is 0. The van der Waals surface area contributed by atoms with Gasteiger partial charge in [0.2, 0.25) is 0 Å². The SMILES string of the molecule is COc1cccc(C(=O)N(Cc2ccc(OS(=O)(=O)c3ccc(F)cc3)cc2)CC(C)C)c1. The summed E-state index contributed by atoms with van der Waals surface area (Å²) in [7, 11) is -2.53. The van der Waals surface area contributed by atoms with Gasteiger partial charge in [0.05, 0.1) is 7.11 Å². The van der Waals surface area contributed by atoms with Gasteiger partial charge in [0.15, 0.2) is 0 Å². The number of benzene rings is 3. The molecule has 0 fully saturated rings. The van der Waals surface area contributed by atoms with Gasteiger partial charge in [-0.3, -0.25) is 4.79 Å². The summed E-state index contributed by atoms with van der Waals surface area (Å²) in [5.74, 6) is 0.324. The third kappa shape index (κ3) is 6.55. The second kappa shape index (κ2) is 10.5.